The lowest BCUT2D eigenvalue weighted by Gasteiger charge is -2.23. The van der Waals surface area contributed by atoms with E-state index >= 15 is 0 Å². The van der Waals surface area contributed by atoms with Crippen LogP contribution in [0, 0.1) is 0 Å². The normalized spacial score (nSPS) is 20.4. The van der Waals surface area contributed by atoms with Crippen molar-refractivity contribution in [2.45, 2.75) is 12.7 Å². The van der Waals surface area contributed by atoms with Gasteiger partial charge in [0, 0.05) is 11.3 Å². The molecule has 2 rings (SSSR count). The number of hydrogen-bond acceptors (Lipinski definition) is 3. The molecule has 0 radical (unpaired) electrons. The fourth-order valence-corrected chi connectivity index (χ4v) is 1.58. The van der Waals surface area contributed by atoms with Gasteiger partial charge in [-0.15, -0.1) is 0 Å². The molecule has 0 amide bonds. The number of nitrogen functional groups attached to an aromatic ring is 1. The van der Waals surface area contributed by atoms with Gasteiger partial charge in [0.2, 0.25) is 0 Å². The predicted octanol–water partition coefficient (Wildman–Crippen LogP) is 1.49. The maximum atomic E-state index is 5.83. The Morgan fingerprint density at radius 2 is 1.85 bits per heavy atom. The molecule has 0 atom stereocenters. The third-order valence-corrected chi connectivity index (χ3v) is 2.29. The van der Waals surface area contributed by atoms with Gasteiger partial charge >= 0.3 is 0 Å². The standard InChI is InChI=1S/C10H13NO2/c1-10(12-6-7-13-10)8-4-2-3-5-9(8)11/h2-5H,6-7,11H2,1H3. The summed E-state index contributed by atoms with van der Waals surface area (Å²) in [4.78, 5) is 0. The first-order valence-corrected chi connectivity index (χ1v) is 4.35. The lowest BCUT2D eigenvalue weighted by molar-refractivity contribution is -0.149. The molecule has 13 heavy (non-hydrogen) atoms. The molecule has 3 nitrogen and oxygen atoms in total. The van der Waals surface area contributed by atoms with Gasteiger partial charge < -0.3 is 15.2 Å². The van der Waals surface area contributed by atoms with E-state index < -0.39 is 5.79 Å². The van der Waals surface area contributed by atoms with E-state index in [1.165, 1.54) is 0 Å². The Kier molecular flexibility index (Phi) is 1.98. The average molecular weight is 179 g/mol. The zero-order chi connectivity index (χ0) is 9.31. The monoisotopic (exact) mass is 179 g/mol. The Morgan fingerprint density at radius 1 is 1.23 bits per heavy atom. The van der Waals surface area contributed by atoms with Crippen molar-refractivity contribution >= 4 is 5.69 Å². The molecule has 2 N–H and O–H groups in total. The summed E-state index contributed by atoms with van der Waals surface area (Å²) in [6.07, 6.45) is 0. The van der Waals surface area contributed by atoms with Crippen molar-refractivity contribution in [2.75, 3.05) is 18.9 Å². The van der Waals surface area contributed by atoms with Gasteiger partial charge in [-0.1, -0.05) is 18.2 Å². The van der Waals surface area contributed by atoms with Crippen LogP contribution in [0.25, 0.3) is 0 Å². The summed E-state index contributed by atoms with van der Waals surface area (Å²) in [6, 6.07) is 7.62. The molecule has 0 bridgehead atoms. The highest BCUT2D eigenvalue weighted by molar-refractivity contribution is 5.48. The quantitative estimate of drug-likeness (QED) is 0.664. The van der Waals surface area contributed by atoms with Crippen LogP contribution in [0.1, 0.15) is 12.5 Å². The minimum absolute atomic E-state index is 0.630. The molecule has 70 valence electrons. The Morgan fingerprint density at radius 3 is 2.46 bits per heavy atom. The van der Waals surface area contributed by atoms with Crippen molar-refractivity contribution in [1.82, 2.24) is 0 Å². The molecule has 1 aromatic rings. The second kappa shape index (κ2) is 3.01. The fourth-order valence-electron chi connectivity index (χ4n) is 1.58. The number of nitrogens with two attached hydrogens (primary N) is 1. The highest BCUT2D eigenvalue weighted by Crippen LogP contribution is 2.33. The Hall–Kier alpha value is -1.06. The largest absolute Gasteiger partial charge is 0.398 e. The number of para-hydroxylation sites is 1. The third-order valence-electron chi connectivity index (χ3n) is 2.29. The molecule has 1 aromatic carbocycles. The van der Waals surface area contributed by atoms with Crippen molar-refractivity contribution in [2.24, 2.45) is 0 Å². The van der Waals surface area contributed by atoms with Crippen LogP contribution >= 0.6 is 0 Å². The summed E-state index contributed by atoms with van der Waals surface area (Å²) in [5, 5.41) is 0. The topological polar surface area (TPSA) is 44.5 Å². The van der Waals surface area contributed by atoms with Crippen LogP contribution in [0.5, 0.6) is 0 Å². The molecule has 0 spiro atoms. The van der Waals surface area contributed by atoms with Crippen molar-refractivity contribution in [3.05, 3.63) is 29.8 Å². The molecule has 0 aromatic heterocycles. The number of ether oxygens (including phenoxy) is 2. The molecule has 0 unspecified atom stereocenters. The van der Waals surface area contributed by atoms with Gasteiger partial charge in [-0.3, -0.25) is 0 Å². The summed E-state index contributed by atoms with van der Waals surface area (Å²) < 4.78 is 11.0. The van der Waals surface area contributed by atoms with Crippen LogP contribution in [0.15, 0.2) is 24.3 Å². The SMILES string of the molecule is CC1(c2ccccc2N)OCCO1. The van der Waals surface area contributed by atoms with Crippen LogP contribution < -0.4 is 5.73 Å². The van der Waals surface area contributed by atoms with Gasteiger partial charge in [0.15, 0.2) is 5.79 Å². The Labute approximate surface area is 77.5 Å². The lowest BCUT2D eigenvalue weighted by Crippen LogP contribution is -2.23. The van der Waals surface area contributed by atoms with Crippen LogP contribution in [0.3, 0.4) is 0 Å². The van der Waals surface area contributed by atoms with Gasteiger partial charge in [-0.25, -0.2) is 0 Å². The minimum atomic E-state index is -0.647. The van der Waals surface area contributed by atoms with Gasteiger partial charge in [0.05, 0.1) is 13.2 Å². The van der Waals surface area contributed by atoms with E-state index in [9.17, 15) is 0 Å². The van der Waals surface area contributed by atoms with Crippen LogP contribution in [-0.2, 0) is 15.3 Å². The maximum absolute atomic E-state index is 5.83. The number of rotatable bonds is 1. The third kappa shape index (κ3) is 1.41. The highest BCUT2D eigenvalue weighted by atomic mass is 16.7. The zero-order valence-electron chi connectivity index (χ0n) is 7.62. The summed E-state index contributed by atoms with van der Waals surface area (Å²) in [6.45, 7) is 3.15. The van der Waals surface area contributed by atoms with Crippen molar-refractivity contribution in [1.29, 1.82) is 0 Å². The Balaban J connectivity index is 2.39. The first kappa shape index (κ1) is 8.53. The van der Waals surface area contributed by atoms with E-state index in [4.69, 9.17) is 15.2 Å². The molecule has 1 heterocycles. The summed E-state index contributed by atoms with van der Waals surface area (Å²) in [5.41, 5.74) is 7.45. The first-order valence-electron chi connectivity index (χ1n) is 4.35. The van der Waals surface area contributed by atoms with Gasteiger partial charge in [0.25, 0.3) is 0 Å². The molecule has 3 heteroatoms. The summed E-state index contributed by atoms with van der Waals surface area (Å²) in [7, 11) is 0. The molecule has 0 aliphatic carbocycles. The van der Waals surface area contributed by atoms with E-state index in [1.807, 2.05) is 31.2 Å². The van der Waals surface area contributed by atoms with Crippen LogP contribution in [-0.4, -0.2) is 13.2 Å². The molecular weight excluding hydrogens is 166 g/mol. The Bertz CT molecular complexity index is 306. The molecule has 1 aliphatic rings. The average Bonchev–Trinajstić information content (AvgIpc) is 2.54. The number of hydrogen-bond donors (Lipinski definition) is 1. The van der Waals surface area contributed by atoms with E-state index in [2.05, 4.69) is 0 Å². The smallest absolute Gasteiger partial charge is 0.194 e. The maximum Gasteiger partial charge on any atom is 0.194 e. The first-order chi connectivity index (χ1) is 6.22. The predicted molar refractivity (Wildman–Crippen MR) is 50.1 cm³/mol. The van der Waals surface area contributed by atoms with Crippen molar-refractivity contribution < 1.29 is 9.47 Å². The lowest BCUT2D eigenvalue weighted by atomic mass is 10.1. The molecular formula is C10H13NO2. The molecule has 1 fully saturated rings. The molecule has 1 aliphatic heterocycles. The van der Waals surface area contributed by atoms with Crippen molar-refractivity contribution in [3.8, 4) is 0 Å². The summed E-state index contributed by atoms with van der Waals surface area (Å²) >= 11 is 0. The van der Waals surface area contributed by atoms with E-state index in [0.717, 1.165) is 5.56 Å². The van der Waals surface area contributed by atoms with Crippen LogP contribution in [0.2, 0.25) is 0 Å². The van der Waals surface area contributed by atoms with Crippen molar-refractivity contribution in [3.63, 3.8) is 0 Å². The number of anilines is 1. The molecule has 0 saturated carbocycles. The minimum Gasteiger partial charge on any atom is -0.398 e. The van der Waals surface area contributed by atoms with Crippen LogP contribution in [0.4, 0.5) is 5.69 Å². The fraction of sp³-hybridized carbons (Fsp3) is 0.400. The van der Waals surface area contributed by atoms with Gasteiger partial charge in [0.1, 0.15) is 0 Å². The highest BCUT2D eigenvalue weighted by Gasteiger charge is 2.34. The van der Waals surface area contributed by atoms with Gasteiger partial charge in [-0.05, 0) is 13.0 Å². The zero-order valence-corrected chi connectivity index (χ0v) is 7.62. The summed E-state index contributed by atoms with van der Waals surface area (Å²) in [5.74, 6) is -0.647. The van der Waals surface area contributed by atoms with E-state index in [1.54, 1.807) is 0 Å². The molecule has 1 saturated heterocycles. The van der Waals surface area contributed by atoms with Gasteiger partial charge in [-0.2, -0.15) is 0 Å². The second-order valence-electron chi connectivity index (χ2n) is 3.23. The number of benzene rings is 1. The second-order valence-corrected chi connectivity index (χ2v) is 3.23. The van der Waals surface area contributed by atoms with E-state index in [-0.39, 0.29) is 0 Å². The van der Waals surface area contributed by atoms with E-state index in [0.29, 0.717) is 18.9 Å².